The van der Waals surface area contributed by atoms with E-state index in [0.717, 1.165) is 50.7 Å². The number of aromatic nitrogens is 3. The Morgan fingerprint density at radius 1 is 0.694 bits per heavy atom. The van der Waals surface area contributed by atoms with Crippen LogP contribution in [0.2, 0.25) is 0 Å². The first-order chi connectivity index (χ1) is 17.8. The quantitative estimate of drug-likeness (QED) is 0.255. The maximum absolute atomic E-state index is 4.80. The van der Waals surface area contributed by atoms with Crippen LogP contribution in [0, 0.1) is 0 Å². The van der Waals surface area contributed by atoms with Crippen molar-refractivity contribution >= 4 is 40.0 Å². The van der Waals surface area contributed by atoms with E-state index in [4.69, 9.17) is 4.98 Å². The number of nitrogens with one attached hydrogen (secondary N) is 1. The molecule has 0 radical (unpaired) electrons. The van der Waals surface area contributed by atoms with Gasteiger partial charge in [0.2, 0.25) is 0 Å². The Balaban J connectivity index is 1.29. The van der Waals surface area contributed by atoms with Crippen LogP contribution in [-0.4, -0.2) is 21.2 Å². The van der Waals surface area contributed by atoms with Crippen LogP contribution in [0.1, 0.15) is 5.56 Å². The van der Waals surface area contributed by atoms with Crippen molar-refractivity contribution in [2.45, 2.75) is 0 Å². The summed E-state index contributed by atoms with van der Waals surface area (Å²) in [5.74, 6) is 0.830. The molecule has 6 aromatic rings. The number of para-hydroxylation sites is 2. The van der Waals surface area contributed by atoms with Crippen LogP contribution < -0.4 is 4.90 Å². The largest absolute Gasteiger partial charge is 0.338 e. The van der Waals surface area contributed by atoms with Crippen LogP contribution >= 0.6 is 0 Å². The van der Waals surface area contributed by atoms with Gasteiger partial charge in [0.05, 0.1) is 16.7 Å². The summed E-state index contributed by atoms with van der Waals surface area (Å²) in [6, 6.07) is 39.1. The number of H-pyrrole nitrogens is 1. The third-order valence-corrected chi connectivity index (χ3v) is 5.94. The number of fused-ring (bicyclic) bond motifs is 1. The van der Waals surface area contributed by atoms with Gasteiger partial charge in [0.1, 0.15) is 5.82 Å². The highest BCUT2D eigenvalue weighted by atomic mass is 15.1. The Kier molecular flexibility index (Phi) is 5.78. The Morgan fingerprint density at radius 2 is 1.39 bits per heavy atom. The normalized spacial score (nSPS) is 11.2. The van der Waals surface area contributed by atoms with Crippen molar-refractivity contribution in [3.63, 3.8) is 0 Å². The molecule has 0 aliphatic carbocycles. The van der Waals surface area contributed by atoms with Crippen molar-refractivity contribution in [2.75, 3.05) is 4.90 Å². The second-order valence-corrected chi connectivity index (χ2v) is 8.38. The standard InChI is InChI=1S/C31H23N5/c1-3-9-26(10-4-1)36(27-11-5-2-6-12-27)28-16-13-24(14-17-28)31-34-29-18-15-25(20-30(29)35-31)33-22-23-8-7-19-32-21-23/h1-22H,(H,34,35). The van der Waals surface area contributed by atoms with Crippen molar-refractivity contribution in [3.05, 3.63) is 133 Å². The average molecular weight is 466 g/mol. The molecule has 172 valence electrons. The molecule has 0 spiro atoms. The van der Waals surface area contributed by atoms with Gasteiger partial charge in [-0.2, -0.15) is 0 Å². The molecule has 2 aromatic heterocycles. The SMILES string of the molecule is C(=Nc1ccc2nc(-c3ccc(N(c4ccccc4)c4ccccc4)cc3)[nH]c2c1)c1cccnc1. The molecule has 2 heterocycles. The van der Waals surface area contributed by atoms with Crippen LogP contribution in [-0.2, 0) is 0 Å². The minimum absolute atomic E-state index is 0.830. The summed E-state index contributed by atoms with van der Waals surface area (Å²) in [6.45, 7) is 0. The number of hydrogen-bond acceptors (Lipinski definition) is 4. The predicted octanol–water partition coefficient (Wildman–Crippen LogP) is 7.85. The topological polar surface area (TPSA) is 57.2 Å². The number of aromatic amines is 1. The Bertz CT molecular complexity index is 1570. The molecule has 0 bridgehead atoms. The first-order valence-electron chi connectivity index (χ1n) is 11.8. The van der Waals surface area contributed by atoms with E-state index in [1.807, 2.05) is 48.7 Å². The molecule has 4 aromatic carbocycles. The second kappa shape index (κ2) is 9.68. The lowest BCUT2D eigenvalue weighted by Gasteiger charge is -2.25. The van der Waals surface area contributed by atoms with Crippen LogP contribution in [0.15, 0.2) is 133 Å². The number of hydrogen-bond donors (Lipinski definition) is 1. The van der Waals surface area contributed by atoms with Gasteiger partial charge < -0.3 is 9.88 Å². The fourth-order valence-electron chi connectivity index (χ4n) is 4.19. The third kappa shape index (κ3) is 4.50. The molecule has 0 saturated heterocycles. The highest BCUT2D eigenvalue weighted by Gasteiger charge is 2.13. The highest BCUT2D eigenvalue weighted by Crippen LogP contribution is 2.35. The highest BCUT2D eigenvalue weighted by molar-refractivity contribution is 5.86. The molecule has 0 unspecified atom stereocenters. The van der Waals surface area contributed by atoms with E-state index in [2.05, 4.69) is 92.7 Å². The smallest absolute Gasteiger partial charge is 0.138 e. The predicted molar refractivity (Wildman–Crippen MR) is 148 cm³/mol. The zero-order chi connectivity index (χ0) is 24.2. The molecule has 0 aliphatic rings. The number of nitrogens with zero attached hydrogens (tertiary/aromatic N) is 4. The van der Waals surface area contributed by atoms with Crippen molar-refractivity contribution in [1.82, 2.24) is 15.0 Å². The maximum Gasteiger partial charge on any atom is 0.138 e. The molecule has 0 saturated carbocycles. The fraction of sp³-hybridized carbons (Fsp3) is 0. The average Bonchev–Trinajstić information content (AvgIpc) is 3.38. The number of benzene rings is 4. The van der Waals surface area contributed by atoms with E-state index in [1.54, 1.807) is 12.4 Å². The van der Waals surface area contributed by atoms with E-state index in [1.165, 1.54) is 0 Å². The van der Waals surface area contributed by atoms with Gasteiger partial charge in [0, 0.05) is 46.8 Å². The lowest BCUT2D eigenvalue weighted by Crippen LogP contribution is -2.09. The van der Waals surface area contributed by atoms with Crippen LogP contribution in [0.4, 0.5) is 22.7 Å². The summed E-state index contributed by atoms with van der Waals surface area (Å²) >= 11 is 0. The van der Waals surface area contributed by atoms with Gasteiger partial charge in [0.15, 0.2) is 0 Å². The van der Waals surface area contributed by atoms with Gasteiger partial charge in [0.25, 0.3) is 0 Å². The molecule has 1 N–H and O–H groups in total. The molecule has 36 heavy (non-hydrogen) atoms. The third-order valence-electron chi connectivity index (χ3n) is 5.94. The van der Waals surface area contributed by atoms with E-state index in [0.29, 0.717) is 0 Å². The number of imidazole rings is 1. The second-order valence-electron chi connectivity index (χ2n) is 8.38. The molecular formula is C31H23N5. The number of pyridine rings is 1. The Morgan fingerprint density at radius 3 is 2.06 bits per heavy atom. The van der Waals surface area contributed by atoms with Gasteiger partial charge in [-0.05, 0) is 72.8 Å². The molecule has 5 heteroatoms. The van der Waals surface area contributed by atoms with Crippen molar-refractivity contribution in [3.8, 4) is 11.4 Å². The summed E-state index contributed by atoms with van der Waals surface area (Å²) in [5, 5.41) is 0. The van der Waals surface area contributed by atoms with Gasteiger partial charge in [-0.15, -0.1) is 0 Å². The van der Waals surface area contributed by atoms with E-state index in [9.17, 15) is 0 Å². The fourth-order valence-corrected chi connectivity index (χ4v) is 4.19. The maximum atomic E-state index is 4.80. The van der Waals surface area contributed by atoms with E-state index >= 15 is 0 Å². The van der Waals surface area contributed by atoms with E-state index < -0.39 is 0 Å². The zero-order valence-electron chi connectivity index (χ0n) is 19.5. The van der Waals surface area contributed by atoms with Crippen molar-refractivity contribution in [2.24, 2.45) is 4.99 Å². The van der Waals surface area contributed by atoms with Gasteiger partial charge in [-0.25, -0.2) is 4.98 Å². The first-order valence-corrected chi connectivity index (χ1v) is 11.8. The molecule has 0 amide bonds. The van der Waals surface area contributed by atoms with E-state index in [-0.39, 0.29) is 0 Å². The van der Waals surface area contributed by atoms with Crippen molar-refractivity contribution < 1.29 is 0 Å². The van der Waals surface area contributed by atoms with Crippen molar-refractivity contribution in [1.29, 1.82) is 0 Å². The Labute approximate surface area is 209 Å². The minimum Gasteiger partial charge on any atom is -0.338 e. The molecule has 0 aliphatic heterocycles. The van der Waals surface area contributed by atoms with Gasteiger partial charge in [-0.3, -0.25) is 9.98 Å². The number of rotatable bonds is 6. The summed E-state index contributed by atoms with van der Waals surface area (Å²) in [6.07, 6.45) is 5.36. The first kappa shape index (κ1) is 21.5. The zero-order valence-corrected chi connectivity index (χ0v) is 19.5. The van der Waals surface area contributed by atoms with Gasteiger partial charge >= 0.3 is 0 Å². The molecule has 6 rings (SSSR count). The molecular weight excluding hydrogens is 442 g/mol. The number of aliphatic imine (C=N–C) groups is 1. The number of anilines is 3. The molecule has 0 atom stereocenters. The van der Waals surface area contributed by atoms with Crippen LogP contribution in [0.5, 0.6) is 0 Å². The summed E-state index contributed by atoms with van der Waals surface area (Å²) < 4.78 is 0. The Hall–Kier alpha value is -5.03. The lowest BCUT2D eigenvalue weighted by molar-refractivity contribution is 1.28. The lowest BCUT2D eigenvalue weighted by atomic mass is 10.1. The molecule has 0 fully saturated rings. The molecule has 5 nitrogen and oxygen atoms in total. The van der Waals surface area contributed by atoms with Gasteiger partial charge in [-0.1, -0.05) is 42.5 Å². The summed E-state index contributed by atoms with van der Waals surface area (Å²) in [4.78, 5) is 19.2. The minimum atomic E-state index is 0.830. The van der Waals surface area contributed by atoms with Crippen LogP contribution in [0.3, 0.4) is 0 Å². The van der Waals surface area contributed by atoms with Crippen LogP contribution in [0.25, 0.3) is 22.4 Å². The summed E-state index contributed by atoms with van der Waals surface area (Å²) in [7, 11) is 0. The summed E-state index contributed by atoms with van der Waals surface area (Å²) in [5.41, 5.74) is 8.01. The monoisotopic (exact) mass is 465 g/mol.